The van der Waals surface area contributed by atoms with Gasteiger partial charge in [-0.15, -0.1) is 0 Å². The first-order valence-corrected chi connectivity index (χ1v) is 33.2. The van der Waals surface area contributed by atoms with E-state index in [4.69, 9.17) is 0 Å². The van der Waals surface area contributed by atoms with Gasteiger partial charge in [0.1, 0.15) is 57.4 Å². The van der Waals surface area contributed by atoms with Gasteiger partial charge in [-0.05, 0) is 44.5 Å². The highest BCUT2D eigenvalue weighted by molar-refractivity contribution is 7.66. The lowest BCUT2D eigenvalue weighted by Gasteiger charge is -2.54. The van der Waals surface area contributed by atoms with E-state index in [1.165, 1.54) is 0 Å². The fourth-order valence-corrected chi connectivity index (χ4v) is 24.6. The van der Waals surface area contributed by atoms with Crippen molar-refractivity contribution in [2.24, 2.45) is 5.41 Å². The van der Waals surface area contributed by atoms with Crippen molar-refractivity contribution < 1.29 is 38.7 Å². The van der Waals surface area contributed by atoms with Crippen LogP contribution in [0.2, 0.25) is 0 Å². The van der Waals surface area contributed by atoms with Crippen LogP contribution < -0.4 is 0 Å². The van der Waals surface area contributed by atoms with Crippen molar-refractivity contribution >= 4 is 28.6 Å². The Morgan fingerprint density at radius 2 is 0.342 bits per heavy atom. The third-order valence-electron chi connectivity index (χ3n) is 13.9. The molecule has 8 rings (SSSR count). The molecule has 0 aliphatic rings. The Labute approximate surface area is 430 Å². The summed E-state index contributed by atoms with van der Waals surface area (Å²) >= 11 is 0. The molecule has 0 heterocycles. The smallest absolute Gasteiger partial charge is 0.124 e. The van der Waals surface area contributed by atoms with Gasteiger partial charge >= 0.3 is 0 Å². The third kappa shape index (κ3) is 12.9. The van der Waals surface area contributed by atoms with Gasteiger partial charge in [-0.1, -0.05) is 243 Å². The first kappa shape index (κ1) is 53.8. The number of benzene rings is 8. The minimum absolute atomic E-state index is 0.317. The van der Waals surface area contributed by atoms with Gasteiger partial charge in [0, 0.05) is 49.3 Å². The quantitative estimate of drug-likeness (QED) is 0.0437. The van der Waals surface area contributed by atoms with Crippen LogP contribution in [0, 0.1) is 5.41 Å². The van der Waals surface area contributed by atoms with E-state index in [9.17, 15) is 20.4 Å². The number of aliphatic hydroxyl groups excluding tert-OH is 4. The van der Waals surface area contributed by atoms with Crippen molar-refractivity contribution in [2.45, 2.75) is 72.7 Å². The summed E-state index contributed by atoms with van der Waals surface area (Å²) < 4.78 is 68.4. The first-order valence-electron chi connectivity index (χ1n) is 24.6. The molecular formula is C61H64O8P4. The Balaban J connectivity index is 1.50. The normalized spacial score (nSPS) is 14.8. The van der Waals surface area contributed by atoms with Crippen LogP contribution in [0.15, 0.2) is 243 Å². The predicted molar refractivity (Wildman–Crippen MR) is 298 cm³/mol. The van der Waals surface area contributed by atoms with E-state index in [1.807, 2.05) is 0 Å². The fraction of sp³-hybridized carbons (Fsp3) is 0.213. The topological polar surface area (TPSA) is 149 Å². The van der Waals surface area contributed by atoms with E-state index in [2.05, 4.69) is 0 Å². The summed E-state index contributed by atoms with van der Waals surface area (Å²) in [4.78, 5) is 0. The minimum atomic E-state index is -4.53. The van der Waals surface area contributed by atoms with Crippen LogP contribution in [0.3, 0.4) is 0 Å². The summed E-state index contributed by atoms with van der Waals surface area (Å²) in [5.74, 6) is -9.94. The number of aliphatic hydroxyl groups is 4. The Hall–Kier alpha value is -5.48. The zero-order valence-electron chi connectivity index (χ0n) is 40.8. The standard InChI is InChI=1S/C61H64O8P4/c62-57(70(66,41-49-25-9-1-10-26-49)42-50-27-11-2-12-28-50)61(58(63)71(67,43-51-29-13-3-14-30-51)44-52-31-15-4-16-32-52,59(64)72(68,45-53-33-17-5-18-34-53)46-54-35-19-6-20-36-54)60(65)73(69,47-55-37-21-7-22-38-55)48-56-39-23-8-24-40-56/h1-40,57-60,62-65H,41-48H2. The molecule has 0 bridgehead atoms. The molecule has 0 saturated carbocycles. The first-order chi connectivity index (χ1) is 35.2. The molecule has 12 heteroatoms. The monoisotopic (exact) mass is 1050 g/mol. The lowest BCUT2D eigenvalue weighted by molar-refractivity contribution is -0.103. The zero-order chi connectivity index (χ0) is 51.4. The summed E-state index contributed by atoms with van der Waals surface area (Å²) in [6.07, 6.45) is -2.53. The number of hydrogen-bond donors (Lipinski definition) is 4. The highest BCUT2D eigenvalue weighted by atomic mass is 31.2. The highest BCUT2D eigenvalue weighted by Gasteiger charge is 2.70. The van der Waals surface area contributed by atoms with Gasteiger partial charge in [0.05, 0.1) is 0 Å². The summed E-state index contributed by atoms with van der Waals surface area (Å²) in [5, 5.41) is 57.2. The third-order valence-corrected chi connectivity index (χ3v) is 26.5. The molecule has 0 radical (unpaired) electrons. The molecule has 8 nitrogen and oxygen atoms in total. The van der Waals surface area contributed by atoms with Crippen LogP contribution in [0.5, 0.6) is 0 Å². The number of hydrogen-bond acceptors (Lipinski definition) is 8. The Morgan fingerprint density at radius 1 is 0.233 bits per heavy atom. The van der Waals surface area contributed by atoms with E-state index in [0.717, 1.165) is 0 Å². The molecule has 0 aliphatic carbocycles. The molecule has 8 aromatic rings. The number of rotatable bonds is 24. The Morgan fingerprint density at radius 3 is 0.452 bits per heavy atom. The second-order valence-electron chi connectivity index (χ2n) is 19.5. The predicted octanol–water partition coefficient (Wildman–Crippen LogP) is 14.3. The van der Waals surface area contributed by atoms with Gasteiger partial charge in [-0.3, -0.25) is 0 Å². The summed E-state index contributed by atoms with van der Waals surface area (Å²) in [7, 11) is -18.1. The molecule has 73 heavy (non-hydrogen) atoms. The zero-order valence-corrected chi connectivity index (χ0v) is 44.3. The molecule has 0 spiro atoms. The van der Waals surface area contributed by atoms with E-state index in [0.29, 0.717) is 44.5 Å². The van der Waals surface area contributed by atoms with Gasteiger partial charge < -0.3 is 38.7 Å². The Bertz CT molecular complexity index is 2540. The maximum absolute atomic E-state index is 17.1. The molecule has 4 N–H and O–H groups in total. The maximum Gasteiger partial charge on any atom is 0.124 e. The van der Waals surface area contributed by atoms with Gasteiger partial charge in [-0.2, -0.15) is 0 Å². The van der Waals surface area contributed by atoms with Crippen molar-refractivity contribution in [1.29, 1.82) is 0 Å². The molecule has 376 valence electrons. The van der Waals surface area contributed by atoms with Crippen molar-refractivity contribution in [3.8, 4) is 0 Å². The van der Waals surface area contributed by atoms with E-state index >= 15 is 18.3 Å². The molecule has 0 fully saturated rings. The van der Waals surface area contributed by atoms with Crippen molar-refractivity contribution in [3.63, 3.8) is 0 Å². The molecule has 4 atom stereocenters. The van der Waals surface area contributed by atoms with E-state index in [-0.39, 0.29) is 49.3 Å². The van der Waals surface area contributed by atoms with Crippen LogP contribution in [-0.4, -0.2) is 43.8 Å². The average molecular weight is 1050 g/mol. The van der Waals surface area contributed by atoms with Crippen molar-refractivity contribution in [3.05, 3.63) is 287 Å². The second kappa shape index (κ2) is 24.2. The van der Waals surface area contributed by atoms with Crippen molar-refractivity contribution in [2.75, 3.05) is 0 Å². The van der Waals surface area contributed by atoms with Crippen molar-refractivity contribution in [1.82, 2.24) is 0 Å². The highest BCUT2D eigenvalue weighted by Crippen LogP contribution is 2.78. The van der Waals surface area contributed by atoms with Gasteiger partial charge in [0.15, 0.2) is 0 Å². The van der Waals surface area contributed by atoms with Crippen LogP contribution in [-0.2, 0) is 67.6 Å². The maximum atomic E-state index is 17.1. The van der Waals surface area contributed by atoms with Crippen LogP contribution in [0.1, 0.15) is 44.5 Å². The molecular weight excluding hydrogens is 985 g/mol. The van der Waals surface area contributed by atoms with E-state index < -0.39 is 57.4 Å². The largest absolute Gasteiger partial charge is 0.384 e. The van der Waals surface area contributed by atoms with Crippen LogP contribution in [0.25, 0.3) is 0 Å². The van der Waals surface area contributed by atoms with Gasteiger partial charge in [-0.25, -0.2) is 0 Å². The molecule has 0 amide bonds. The molecule has 0 aliphatic heterocycles. The van der Waals surface area contributed by atoms with Gasteiger partial charge in [0.25, 0.3) is 0 Å². The summed E-state index contributed by atoms with van der Waals surface area (Å²) in [5.41, 5.74) is 1.21. The van der Waals surface area contributed by atoms with Crippen LogP contribution >= 0.6 is 28.6 Å². The minimum Gasteiger partial charge on any atom is -0.384 e. The molecule has 0 saturated heterocycles. The average Bonchev–Trinajstić information content (AvgIpc) is 3.41. The lowest BCUT2D eigenvalue weighted by atomic mass is 9.90. The molecule has 0 aromatic heterocycles. The SMILES string of the molecule is O=P(Cc1ccccc1)(Cc1ccccc1)C(O)C(C(O)P(=O)(Cc1ccccc1)Cc1ccccc1)(C(O)P(=O)(Cc1ccccc1)Cc1ccccc1)C(O)P(=O)(Cc1ccccc1)Cc1ccccc1. The molecule has 4 unspecified atom stereocenters. The van der Waals surface area contributed by atoms with Crippen LogP contribution in [0.4, 0.5) is 0 Å². The summed E-state index contributed by atoms with van der Waals surface area (Å²) in [6.45, 7) is 0. The Kier molecular flexibility index (Phi) is 17.9. The second-order valence-corrected chi connectivity index (χ2v) is 31.6. The van der Waals surface area contributed by atoms with Gasteiger partial charge in [0.2, 0.25) is 0 Å². The molecule has 8 aromatic carbocycles. The fourth-order valence-electron chi connectivity index (χ4n) is 10.5. The summed E-state index contributed by atoms with van der Waals surface area (Å²) in [6, 6.07) is 71.0. The van der Waals surface area contributed by atoms with E-state index in [1.54, 1.807) is 243 Å². The lowest BCUT2D eigenvalue weighted by Crippen LogP contribution is -2.60.